The second kappa shape index (κ2) is 5.93. The van der Waals surface area contributed by atoms with Gasteiger partial charge in [-0.25, -0.2) is 8.42 Å². The Balaban J connectivity index is 2.28. The molecule has 7 heteroatoms. The summed E-state index contributed by atoms with van der Waals surface area (Å²) in [5.41, 5.74) is 0. The number of rotatable bonds is 5. The molecule has 0 spiro atoms. The second-order valence-electron chi connectivity index (χ2n) is 4.09. The van der Waals surface area contributed by atoms with E-state index in [1.807, 2.05) is 24.4 Å². The van der Waals surface area contributed by atoms with Gasteiger partial charge < -0.3 is 0 Å². The van der Waals surface area contributed by atoms with E-state index in [1.165, 1.54) is 15.6 Å². The zero-order valence-corrected chi connectivity index (χ0v) is 13.7. The Bertz CT molecular complexity index is 634. The van der Waals surface area contributed by atoms with Gasteiger partial charge in [0.15, 0.2) is 0 Å². The highest BCUT2D eigenvalue weighted by molar-refractivity contribution is 7.89. The molecule has 19 heavy (non-hydrogen) atoms. The third kappa shape index (κ3) is 3.03. The Morgan fingerprint density at radius 3 is 2.68 bits per heavy atom. The maximum atomic E-state index is 12.5. The molecule has 0 saturated heterocycles. The quantitative estimate of drug-likeness (QED) is 0.776. The van der Waals surface area contributed by atoms with Crippen molar-refractivity contribution >= 4 is 44.3 Å². The molecule has 1 unspecified atom stereocenters. The van der Waals surface area contributed by atoms with Crippen molar-refractivity contribution in [1.82, 2.24) is 4.31 Å². The molecule has 2 heterocycles. The lowest BCUT2D eigenvalue weighted by Gasteiger charge is -2.22. The fourth-order valence-corrected chi connectivity index (χ4v) is 5.26. The van der Waals surface area contributed by atoms with E-state index in [0.29, 0.717) is 10.8 Å². The lowest BCUT2D eigenvalue weighted by Crippen LogP contribution is -2.29. The normalized spacial score (nSPS) is 13.9. The van der Waals surface area contributed by atoms with Gasteiger partial charge in [-0.05, 0) is 24.4 Å². The van der Waals surface area contributed by atoms with Gasteiger partial charge in [0.2, 0.25) is 10.0 Å². The summed E-state index contributed by atoms with van der Waals surface area (Å²) in [7, 11) is -1.85. The largest absolute Gasteiger partial charge is 0.244 e. The first-order chi connectivity index (χ1) is 8.96. The lowest BCUT2D eigenvalue weighted by atomic mass is 10.3. The maximum Gasteiger partial charge on any atom is 0.244 e. The van der Waals surface area contributed by atoms with Crippen LogP contribution < -0.4 is 0 Å². The highest BCUT2D eigenvalue weighted by atomic mass is 35.5. The fourth-order valence-electron chi connectivity index (χ4n) is 1.65. The van der Waals surface area contributed by atoms with Crippen LogP contribution in [0.25, 0.3) is 0 Å². The molecule has 0 aromatic carbocycles. The molecule has 0 aliphatic heterocycles. The van der Waals surface area contributed by atoms with Crippen molar-refractivity contribution in [1.29, 1.82) is 0 Å². The van der Waals surface area contributed by atoms with Crippen LogP contribution in [0, 0.1) is 0 Å². The molecule has 2 aromatic heterocycles. The monoisotopic (exact) mass is 335 g/mol. The predicted molar refractivity (Wildman–Crippen MR) is 81.6 cm³/mol. The van der Waals surface area contributed by atoms with Crippen molar-refractivity contribution in [3.8, 4) is 0 Å². The van der Waals surface area contributed by atoms with E-state index in [-0.39, 0.29) is 6.04 Å². The van der Waals surface area contributed by atoms with Crippen LogP contribution in [0.1, 0.15) is 22.7 Å². The van der Waals surface area contributed by atoms with Gasteiger partial charge >= 0.3 is 0 Å². The van der Waals surface area contributed by atoms with Crippen LogP contribution in [0.2, 0.25) is 0 Å². The van der Waals surface area contributed by atoms with E-state index >= 15 is 0 Å². The molecule has 0 bridgehead atoms. The highest BCUT2D eigenvalue weighted by Crippen LogP contribution is 2.30. The molecule has 0 fully saturated rings. The van der Waals surface area contributed by atoms with E-state index in [4.69, 9.17) is 11.6 Å². The maximum absolute atomic E-state index is 12.5. The van der Waals surface area contributed by atoms with E-state index < -0.39 is 10.0 Å². The average molecular weight is 336 g/mol. The first kappa shape index (κ1) is 15.0. The number of thiophene rings is 2. The van der Waals surface area contributed by atoms with Crippen molar-refractivity contribution < 1.29 is 8.42 Å². The predicted octanol–water partition coefficient (Wildman–Crippen LogP) is 3.93. The third-order valence-electron chi connectivity index (χ3n) is 2.94. The molecule has 0 aliphatic rings. The molecule has 3 nitrogen and oxygen atoms in total. The van der Waals surface area contributed by atoms with Crippen molar-refractivity contribution in [3.05, 3.63) is 38.7 Å². The lowest BCUT2D eigenvalue weighted by molar-refractivity contribution is 0.403. The summed E-state index contributed by atoms with van der Waals surface area (Å²) >= 11 is 8.64. The molecule has 2 aromatic rings. The zero-order chi connectivity index (χ0) is 14.0. The molecule has 0 N–H and O–H groups in total. The molecular formula is C12H14ClNO2S3. The number of hydrogen-bond acceptors (Lipinski definition) is 4. The van der Waals surface area contributed by atoms with Crippen LogP contribution in [0.5, 0.6) is 0 Å². The van der Waals surface area contributed by atoms with Gasteiger partial charge in [0.05, 0.1) is 16.8 Å². The van der Waals surface area contributed by atoms with Crippen LogP contribution in [-0.4, -0.2) is 19.8 Å². The molecule has 2 rings (SSSR count). The number of sulfonamides is 1. The Labute approximate surface area is 126 Å². The van der Waals surface area contributed by atoms with Crippen molar-refractivity contribution in [2.45, 2.75) is 23.7 Å². The first-order valence-electron chi connectivity index (χ1n) is 5.61. The van der Waals surface area contributed by atoms with Crippen molar-refractivity contribution in [3.63, 3.8) is 0 Å². The standard InChI is InChI=1S/C12H14ClNO2S3/c1-9(12-4-3-5-17-12)14(2)19(15,16)11-6-10(7-13)18-8-11/h3-6,8-9H,7H2,1-2H3. The van der Waals surface area contributed by atoms with Gasteiger partial charge in [-0.1, -0.05) is 6.07 Å². The van der Waals surface area contributed by atoms with Crippen LogP contribution in [0.3, 0.4) is 0 Å². The highest BCUT2D eigenvalue weighted by Gasteiger charge is 2.27. The average Bonchev–Trinajstić information content (AvgIpc) is 3.07. The zero-order valence-electron chi connectivity index (χ0n) is 10.5. The van der Waals surface area contributed by atoms with Gasteiger partial charge in [0.1, 0.15) is 0 Å². The molecule has 0 aliphatic carbocycles. The minimum atomic E-state index is -3.46. The summed E-state index contributed by atoms with van der Waals surface area (Å²) in [6.07, 6.45) is 0. The number of halogens is 1. The first-order valence-corrected chi connectivity index (χ1v) is 9.35. The van der Waals surface area contributed by atoms with Crippen LogP contribution in [-0.2, 0) is 15.9 Å². The van der Waals surface area contributed by atoms with Gasteiger partial charge in [0, 0.05) is 22.2 Å². The van der Waals surface area contributed by atoms with Crippen LogP contribution in [0.15, 0.2) is 33.9 Å². The van der Waals surface area contributed by atoms with Crippen LogP contribution >= 0.6 is 34.3 Å². The molecule has 0 radical (unpaired) electrons. The Morgan fingerprint density at radius 2 is 2.16 bits per heavy atom. The molecule has 0 amide bonds. The Kier molecular flexibility index (Phi) is 4.68. The summed E-state index contributed by atoms with van der Waals surface area (Å²) < 4.78 is 26.4. The number of alkyl halides is 1. The van der Waals surface area contributed by atoms with Gasteiger partial charge in [0.25, 0.3) is 0 Å². The molecular weight excluding hydrogens is 322 g/mol. The third-order valence-corrected chi connectivity index (χ3v) is 7.42. The van der Waals surface area contributed by atoms with Gasteiger partial charge in [-0.3, -0.25) is 0 Å². The van der Waals surface area contributed by atoms with E-state index in [0.717, 1.165) is 9.75 Å². The molecule has 104 valence electrons. The minimum Gasteiger partial charge on any atom is -0.207 e. The minimum absolute atomic E-state index is 0.177. The summed E-state index contributed by atoms with van der Waals surface area (Å²) in [4.78, 5) is 2.20. The van der Waals surface area contributed by atoms with E-state index in [1.54, 1.807) is 29.8 Å². The summed E-state index contributed by atoms with van der Waals surface area (Å²) in [6, 6.07) is 5.33. The van der Waals surface area contributed by atoms with Crippen molar-refractivity contribution in [2.24, 2.45) is 0 Å². The summed E-state index contributed by atoms with van der Waals surface area (Å²) in [5, 5.41) is 3.59. The second-order valence-corrected chi connectivity index (χ2v) is 8.33. The van der Waals surface area contributed by atoms with E-state index in [9.17, 15) is 8.42 Å². The van der Waals surface area contributed by atoms with E-state index in [2.05, 4.69) is 0 Å². The number of nitrogens with zero attached hydrogens (tertiary/aromatic N) is 1. The molecule has 0 saturated carbocycles. The van der Waals surface area contributed by atoms with Gasteiger partial charge in [-0.2, -0.15) is 4.31 Å². The Hall–Kier alpha value is -0.400. The topological polar surface area (TPSA) is 37.4 Å². The smallest absolute Gasteiger partial charge is 0.207 e. The SMILES string of the molecule is CC(c1cccs1)N(C)S(=O)(=O)c1csc(CCl)c1. The fraction of sp³-hybridized carbons (Fsp3) is 0.333. The Morgan fingerprint density at radius 1 is 1.42 bits per heavy atom. The number of hydrogen-bond donors (Lipinski definition) is 0. The summed E-state index contributed by atoms with van der Waals surface area (Å²) in [5.74, 6) is 0.338. The van der Waals surface area contributed by atoms with Crippen molar-refractivity contribution in [2.75, 3.05) is 7.05 Å². The van der Waals surface area contributed by atoms with Crippen LogP contribution in [0.4, 0.5) is 0 Å². The van der Waals surface area contributed by atoms with Gasteiger partial charge in [-0.15, -0.1) is 34.3 Å². The molecule has 1 atom stereocenters. The summed E-state index contributed by atoms with van der Waals surface area (Å²) in [6.45, 7) is 1.89.